The summed E-state index contributed by atoms with van der Waals surface area (Å²) >= 11 is 0. The van der Waals surface area contributed by atoms with E-state index in [2.05, 4.69) is 51.7 Å². The van der Waals surface area contributed by atoms with Crippen molar-refractivity contribution in [2.45, 2.75) is 66.8 Å². The Kier molecular flexibility index (Phi) is 8.34. The molecule has 1 heterocycles. The van der Waals surface area contributed by atoms with E-state index >= 15 is 0 Å². The first-order valence-corrected chi connectivity index (χ1v) is 10.7. The van der Waals surface area contributed by atoms with Gasteiger partial charge in [-0.25, -0.2) is 4.79 Å². The van der Waals surface area contributed by atoms with Gasteiger partial charge in [0.25, 0.3) is 0 Å². The van der Waals surface area contributed by atoms with Gasteiger partial charge in [-0.1, -0.05) is 19.1 Å². The summed E-state index contributed by atoms with van der Waals surface area (Å²) in [6, 6.07) is 0.240. The summed E-state index contributed by atoms with van der Waals surface area (Å²) in [6.07, 6.45) is 9.58. The molecule has 2 fully saturated rings. The molecule has 2 rings (SSSR count). The Hall–Kier alpha value is -2.04. The summed E-state index contributed by atoms with van der Waals surface area (Å²) < 4.78 is 5.18. The SMILES string of the molecule is C\C=C(C(/C(C)=N/C=C/CC)=C(/C)N1CCN(C(=O)OCC)CC1C)\C1CC1. The molecule has 5 nitrogen and oxygen atoms in total. The first-order chi connectivity index (χ1) is 13.4. The molecule has 1 atom stereocenters. The standard InChI is InChI=1S/C23H37N3O2/c1-7-10-13-24-18(5)22(21(8-2)20-11-12-20)19(6)26-15-14-25(16-17(26)4)23(27)28-9-3/h8,10,13,17,20H,7,9,11-12,14-16H2,1-6H3/b13-10+,21-8-,22-19-,24-18+. The zero-order valence-electron chi connectivity index (χ0n) is 18.5. The molecule has 1 saturated heterocycles. The number of amides is 1. The van der Waals surface area contributed by atoms with Crippen molar-refractivity contribution in [1.29, 1.82) is 0 Å². The second kappa shape index (κ2) is 10.5. The summed E-state index contributed by atoms with van der Waals surface area (Å²) in [5.74, 6) is 0.659. The zero-order chi connectivity index (χ0) is 20.7. The minimum Gasteiger partial charge on any atom is -0.450 e. The molecule has 0 aromatic carbocycles. The Balaban J connectivity index is 2.30. The second-order valence-electron chi connectivity index (χ2n) is 7.67. The van der Waals surface area contributed by atoms with Gasteiger partial charge in [0.15, 0.2) is 0 Å². The van der Waals surface area contributed by atoms with Gasteiger partial charge in [-0.05, 0) is 65.4 Å². The van der Waals surface area contributed by atoms with Crippen LogP contribution in [0.5, 0.6) is 0 Å². The van der Waals surface area contributed by atoms with E-state index in [1.165, 1.54) is 29.7 Å². The van der Waals surface area contributed by atoms with Crippen LogP contribution < -0.4 is 0 Å². The summed E-state index contributed by atoms with van der Waals surface area (Å²) in [6.45, 7) is 15.2. The topological polar surface area (TPSA) is 45.1 Å². The number of ether oxygens (including phenoxy) is 1. The predicted molar refractivity (Wildman–Crippen MR) is 116 cm³/mol. The third-order valence-electron chi connectivity index (χ3n) is 5.53. The highest BCUT2D eigenvalue weighted by molar-refractivity contribution is 6.03. The number of piperazine rings is 1. The van der Waals surface area contributed by atoms with Gasteiger partial charge in [0.2, 0.25) is 0 Å². The van der Waals surface area contributed by atoms with Crippen molar-refractivity contribution in [3.63, 3.8) is 0 Å². The highest BCUT2D eigenvalue weighted by atomic mass is 16.6. The Bertz CT molecular complexity index is 671. The number of carbonyl (C=O) groups excluding carboxylic acids is 1. The van der Waals surface area contributed by atoms with Gasteiger partial charge < -0.3 is 14.5 Å². The number of aliphatic imine (C=N–C) groups is 1. The number of rotatable bonds is 7. The van der Waals surface area contributed by atoms with E-state index in [0.29, 0.717) is 25.6 Å². The van der Waals surface area contributed by atoms with Crippen molar-refractivity contribution in [3.8, 4) is 0 Å². The molecule has 1 saturated carbocycles. The predicted octanol–water partition coefficient (Wildman–Crippen LogP) is 5.16. The van der Waals surface area contributed by atoms with Crippen LogP contribution in [0, 0.1) is 5.92 Å². The van der Waals surface area contributed by atoms with Gasteiger partial charge in [0.05, 0.1) is 6.61 Å². The molecule has 2 aliphatic rings. The summed E-state index contributed by atoms with van der Waals surface area (Å²) in [4.78, 5) is 21.1. The maximum atomic E-state index is 12.1. The Morgan fingerprint density at radius 3 is 2.46 bits per heavy atom. The normalized spacial score (nSPS) is 22.6. The Labute approximate surface area is 170 Å². The van der Waals surface area contributed by atoms with Gasteiger partial charge in [0.1, 0.15) is 0 Å². The van der Waals surface area contributed by atoms with Crippen molar-refractivity contribution in [1.82, 2.24) is 9.80 Å². The van der Waals surface area contributed by atoms with Crippen LogP contribution >= 0.6 is 0 Å². The van der Waals surface area contributed by atoms with Crippen molar-refractivity contribution < 1.29 is 9.53 Å². The lowest BCUT2D eigenvalue weighted by atomic mass is 9.94. The molecule has 28 heavy (non-hydrogen) atoms. The van der Waals surface area contributed by atoms with E-state index in [1.54, 1.807) is 0 Å². The van der Waals surface area contributed by atoms with Crippen molar-refractivity contribution in [2.75, 3.05) is 26.2 Å². The van der Waals surface area contributed by atoms with Crippen LogP contribution in [0.3, 0.4) is 0 Å². The van der Waals surface area contributed by atoms with Crippen LogP contribution in [0.1, 0.15) is 60.8 Å². The minimum atomic E-state index is -0.203. The minimum absolute atomic E-state index is 0.203. The molecule has 0 N–H and O–H groups in total. The average molecular weight is 388 g/mol. The molecular weight excluding hydrogens is 350 g/mol. The number of hydrogen-bond donors (Lipinski definition) is 0. The molecule has 0 bridgehead atoms. The molecule has 1 amide bonds. The highest BCUT2D eigenvalue weighted by Crippen LogP contribution is 2.41. The fraction of sp³-hybridized carbons (Fsp3) is 0.652. The van der Waals surface area contributed by atoms with Crippen LogP contribution in [-0.4, -0.2) is 53.9 Å². The monoisotopic (exact) mass is 387 g/mol. The Morgan fingerprint density at radius 2 is 1.93 bits per heavy atom. The summed E-state index contributed by atoms with van der Waals surface area (Å²) in [5, 5.41) is 0. The highest BCUT2D eigenvalue weighted by Gasteiger charge is 2.33. The van der Waals surface area contributed by atoms with Crippen LogP contribution in [0.15, 0.2) is 40.2 Å². The fourth-order valence-electron chi connectivity index (χ4n) is 3.97. The van der Waals surface area contributed by atoms with Crippen LogP contribution in [0.25, 0.3) is 0 Å². The fourth-order valence-corrected chi connectivity index (χ4v) is 3.97. The molecule has 1 aliphatic heterocycles. The molecule has 156 valence electrons. The molecular formula is C23H37N3O2. The van der Waals surface area contributed by atoms with Gasteiger partial charge >= 0.3 is 6.09 Å². The lowest BCUT2D eigenvalue weighted by Gasteiger charge is -2.42. The van der Waals surface area contributed by atoms with E-state index in [-0.39, 0.29) is 12.1 Å². The largest absolute Gasteiger partial charge is 0.450 e. The van der Waals surface area contributed by atoms with Gasteiger partial charge in [-0.15, -0.1) is 0 Å². The van der Waals surface area contributed by atoms with Gasteiger partial charge in [-0.2, -0.15) is 0 Å². The van der Waals surface area contributed by atoms with Crippen molar-refractivity contribution in [2.24, 2.45) is 10.9 Å². The number of hydrogen-bond acceptors (Lipinski definition) is 4. The van der Waals surface area contributed by atoms with Crippen molar-refractivity contribution in [3.05, 3.63) is 35.2 Å². The van der Waals surface area contributed by atoms with Crippen LogP contribution in [0.4, 0.5) is 4.79 Å². The zero-order valence-corrected chi connectivity index (χ0v) is 18.5. The van der Waals surface area contributed by atoms with E-state index in [9.17, 15) is 4.79 Å². The number of carbonyl (C=O) groups is 1. The maximum Gasteiger partial charge on any atom is 0.409 e. The quantitative estimate of drug-likeness (QED) is 0.447. The molecule has 0 spiro atoms. The average Bonchev–Trinajstić information content (AvgIpc) is 3.50. The number of allylic oxidation sites excluding steroid dienone is 5. The van der Waals surface area contributed by atoms with E-state index in [1.807, 2.05) is 18.0 Å². The van der Waals surface area contributed by atoms with Crippen LogP contribution in [0.2, 0.25) is 0 Å². The number of nitrogens with zero attached hydrogens (tertiary/aromatic N) is 3. The molecule has 1 unspecified atom stereocenters. The lowest BCUT2D eigenvalue weighted by Crippen LogP contribution is -2.53. The van der Waals surface area contributed by atoms with Crippen molar-refractivity contribution >= 4 is 11.8 Å². The third kappa shape index (κ3) is 5.49. The summed E-state index contributed by atoms with van der Waals surface area (Å²) in [5.41, 5.74) is 5.04. The molecule has 1 aliphatic carbocycles. The smallest absolute Gasteiger partial charge is 0.409 e. The first-order valence-electron chi connectivity index (χ1n) is 10.7. The summed E-state index contributed by atoms with van der Waals surface area (Å²) in [7, 11) is 0. The van der Waals surface area contributed by atoms with E-state index in [4.69, 9.17) is 9.73 Å². The van der Waals surface area contributed by atoms with Gasteiger partial charge in [0, 0.05) is 48.9 Å². The van der Waals surface area contributed by atoms with E-state index < -0.39 is 0 Å². The van der Waals surface area contributed by atoms with E-state index in [0.717, 1.165) is 18.7 Å². The first kappa shape index (κ1) is 22.3. The maximum absolute atomic E-state index is 12.1. The molecule has 0 aromatic heterocycles. The Morgan fingerprint density at radius 1 is 1.21 bits per heavy atom. The van der Waals surface area contributed by atoms with Crippen LogP contribution in [-0.2, 0) is 4.74 Å². The molecule has 0 aromatic rings. The van der Waals surface area contributed by atoms with Gasteiger partial charge in [-0.3, -0.25) is 4.99 Å². The molecule has 0 radical (unpaired) electrons. The third-order valence-corrected chi connectivity index (χ3v) is 5.53. The second-order valence-corrected chi connectivity index (χ2v) is 7.67. The molecule has 5 heteroatoms. The lowest BCUT2D eigenvalue weighted by molar-refractivity contribution is 0.0696.